The van der Waals surface area contributed by atoms with E-state index in [9.17, 15) is 14.4 Å². The minimum Gasteiger partial charge on any atom is -0.288 e. The summed E-state index contributed by atoms with van der Waals surface area (Å²) < 4.78 is 1.16. The van der Waals surface area contributed by atoms with Crippen LogP contribution in [-0.4, -0.2) is 0 Å². The number of hydrogen-bond donors (Lipinski definition) is 0. The fourth-order valence-corrected chi connectivity index (χ4v) is 7.39. The Morgan fingerprint density at radius 1 is 0.500 bits per heavy atom. The second-order valence-electron chi connectivity index (χ2n) is 7.64. The first-order chi connectivity index (χ1) is 14.7. The van der Waals surface area contributed by atoms with Crippen LogP contribution >= 0.6 is 20.7 Å². The van der Waals surface area contributed by atoms with E-state index in [1.165, 1.54) is 0 Å². The zero-order valence-electron chi connectivity index (χ0n) is 15.8. The second-order valence-corrected chi connectivity index (χ2v) is 10.5. The van der Waals surface area contributed by atoms with Crippen molar-refractivity contribution >= 4 is 20.7 Å². The Labute approximate surface area is 181 Å². The lowest BCUT2D eigenvalue weighted by Crippen LogP contribution is -2.43. The summed E-state index contributed by atoms with van der Waals surface area (Å²) in [6, 6.07) is 25.5. The van der Waals surface area contributed by atoms with Crippen molar-refractivity contribution in [2.75, 3.05) is 0 Å². The predicted molar refractivity (Wildman–Crippen MR) is 125 cm³/mol. The van der Waals surface area contributed by atoms with Crippen molar-refractivity contribution in [2.24, 2.45) is 0 Å². The molecule has 0 saturated heterocycles. The van der Waals surface area contributed by atoms with Crippen LogP contribution in [-0.2, 0) is 0 Å². The van der Waals surface area contributed by atoms with E-state index in [0.29, 0.717) is 11.1 Å². The van der Waals surface area contributed by atoms with Crippen LogP contribution in [0.25, 0.3) is 0 Å². The molecule has 2 bridgehead atoms. The topological polar surface area (TPSA) is 51.2 Å². The smallest absolute Gasteiger partial charge is 0.242 e. The van der Waals surface area contributed by atoms with Crippen LogP contribution in [0.15, 0.2) is 93.2 Å². The molecule has 3 nitrogen and oxygen atoms in total. The maximum Gasteiger partial charge on any atom is 0.242 e. The Bertz CT molecular complexity index is 1510. The monoisotopic (exact) mass is 502 g/mol. The highest BCUT2D eigenvalue weighted by Crippen LogP contribution is 2.53. The van der Waals surface area contributed by atoms with E-state index in [2.05, 4.69) is 0 Å². The number of rotatable bonds is 1. The van der Waals surface area contributed by atoms with Crippen molar-refractivity contribution in [2.45, 2.75) is 11.8 Å². The van der Waals surface area contributed by atoms with Gasteiger partial charge in [0.1, 0.15) is 3.15 Å². The Morgan fingerprint density at radius 2 is 0.933 bits per heavy atom. The molecule has 4 aromatic carbocycles. The van der Waals surface area contributed by atoms with Gasteiger partial charge in [0, 0.05) is 26.5 Å². The van der Waals surface area contributed by atoms with Crippen LogP contribution in [0, 0.1) is 6.72 Å². The zero-order valence-corrected chi connectivity index (χ0v) is 17.9. The molecule has 0 fully saturated rings. The van der Waals surface area contributed by atoms with E-state index in [0.717, 1.165) is 25.8 Å². The van der Waals surface area contributed by atoms with Crippen molar-refractivity contribution in [1.29, 1.82) is 0 Å². The van der Waals surface area contributed by atoms with Crippen LogP contribution in [0.5, 0.6) is 0 Å². The molecule has 4 heteroatoms. The van der Waals surface area contributed by atoms with E-state index in [4.69, 9.17) is 0 Å². The van der Waals surface area contributed by atoms with Gasteiger partial charge in [-0.15, -0.1) is 0 Å². The molecule has 0 aliphatic heterocycles. The van der Waals surface area contributed by atoms with E-state index in [1.807, 2.05) is 78.9 Å². The molecule has 4 aromatic rings. The van der Waals surface area contributed by atoms with Gasteiger partial charge in [0.2, 0.25) is 10.9 Å². The second kappa shape index (κ2) is 6.51. The van der Waals surface area contributed by atoms with Gasteiger partial charge in [-0.3, -0.25) is 14.4 Å². The van der Waals surface area contributed by atoms with Crippen molar-refractivity contribution in [3.8, 4) is 0 Å². The molecular weight excluding hydrogens is 487 g/mol. The lowest BCUT2D eigenvalue weighted by molar-refractivity contribution is 0.740. The Balaban J connectivity index is 1.76. The summed E-state index contributed by atoms with van der Waals surface area (Å²) in [5.74, 6) is -0.619. The molecule has 0 radical (unpaired) electrons. The summed E-state index contributed by atoms with van der Waals surface area (Å²) in [6.07, 6.45) is 0. The molecule has 0 aromatic heterocycles. The van der Waals surface area contributed by atoms with Crippen LogP contribution in [0.2, 0.25) is 0 Å². The molecule has 30 heavy (non-hydrogen) atoms. The zero-order chi connectivity index (χ0) is 20.4. The van der Waals surface area contributed by atoms with Gasteiger partial charge in [-0.05, 0) is 34.4 Å². The van der Waals surface area contributed by atoms with Crippen LogP contribution in [0.1, 0.15) is 45.2 Å². The summed E-state index contributed by atoms with van der Waals surface area (Å²) in [5.41, 5.74) is 3.86. The third-order valence-electron chi connectivity index (χ3n) is 6.13. The maximum absolute atomic E-state index is 13.7. The maximum atomic E-state index is 13.7. The first-order valence-electron chi connectivity index (χ1n) is 9.79. The van der Waals surface area contributed by atoms with Crippen molar-refractivity contribution in [3.63, 3.8) is 0 Å². The van der Waals surface area contributed by atoms with Gasteiger partial charge >= 0.3 is 0 Å². The highest BCUT2D eigenvalue weighted by molar-refractivity contribution is 14.2. The first kappa shape index (κ1) is 17.8. The molecule has 3 aliphatic carbocycles. The third-order valence-corrected chi connectivity index (χ3v) is 9.00. The molecular formula is C26H15IO3. The molecule has 3 aliphatic rings. The molecule has 0 N–H and O–H groups in total. The number of hydrogen-bond acceptors (Lipinski definition) is 3. The van der Waals surface area contributed by atoms with E-state index >= 15 is 0 Å². The Morgan fingerprint density at radius 3 is 1.43 bits per heavy atom. The number of halogens is 1. The summed E-state index contributed by atoms with van der Waals surface area (Å²) in [7, 11) is 0. The standard InChI is InChI=1S/C26H15IO3/c28-24-21-19-15-10-4-6-12-17(15)20(18-13-7-5-11-16(18)19)22(21)25(29)26(30)23(24)27-14-8-2-1-3-9-14/h1-13,19-20H. The van der Waals surface area contributed by atoms with Crippen molar-refractivity contribution in [1.82, 2.24) is 0 Å². The van der Waals surface area contributed by atoms with Gasteiger partial charge in [0.25, 0.3) is 0 Å². The molecule has 144 valence electrons. The van der Waals surface area contributed by atoms with Gasteiger partial charge in [-0.1, -0.05) is 87.5 Å². The van der Waals surface area contributed by atoms with E-state index in [1.54, 1.807) is 0 Å². The van der Waals surface area contributed by atoms with Crippen molar-refractivity contribution < 1.29 is 0 Å². The Kier molecular flexibility index (Phi) is 3.87. The fourth-order valence-electron chi connectivity index (χ4n) is 4.96. The highest BCUT2D eigenvalue weighted by atomic mass is 127. The van der Waals surface area contributed by atoms with Gasteiger partial charge in [0.05, 0.1) is 0 Å². The molecule has 0 spiro atoms. The van der Waals surface area contributed by atoms with Crippen LogP contribution in [0.3, 0.4) is 0 Å². The van der Waals surface area contributed by atoms with Crippen LogP contribution in [0.4, 0.5) is 0 Å². The molecule has 0 heterocycles. The normalized spacial score (nSPS) is 18.9. The average molecular weight is 502 g/mol. The Hall–Kier alpha value is -2.99. The van der Waals surface area contributed by atoms with Gasteiger partial charge < -0.3 is 0 Å². The molecule has 7 rings (SSSR count). The summed E-state index contributed by atoms with van der Waals surface area (Å²) >= 11 is -1.02. The quantitative estimate of drug-likeness (QED) is 0.252. The minimum atomic E-state index is -1.02. The average Bonchev–Trinajstić information content (AvgIpc) is 2.80. The summed E-state index contributed by atoms with van der Waals surface area (Å²) in [6.45, 7) is 0. The molecule has 0 unspecified atom stereocenters. The fraction of sp³-hybridized carbons (Fsp3) is 0.0769. The van der Waals surface area contributed by atoms with Crippen LogP contribution < -0.4 is 16.3 Å². The SMILES string of the molecule is O=c1c2c(c(=O)c(=Ic3ccccc3)c1=O)C1c3ccccc3C2c2ccccc21. The third kappa shape index (κ3) is 2.31. The molecule has 0 atom stereocenters. The molecule has 0 saturated carbocycles. The summed E-state index contributed by atoms with van der Waals surface area (Å²) in [4.78, 5) is 40.1. The molecule has 0 amide bonds. The van der Waals surface area contributed by atoms with Gasteiger partial charge in [-0.25, -0.2) is 0 Å². The largest absolute Gasteiger partial charge is 0.288 e. The highest BCUT2D eigenvalue weighted by Gasteiger charge is 2.44. The lowest BCUT2D eigenvalue weighted by Gasteiger charge is -2.40. The van der Waals surface area contributed by atoms with E-state index < -0.39 is 31.6 Å². The summed E-state index contributed by atoms with van der Waals surface area (Å²) in [5, 5.41) is 0. The van der Waals surface area contributed by atoms with E-state index in [-0.39, 0.29) is 20.4 Å². The lowest BCUT2D eigenvalue weighted by atomic mass is 9.61. The van der Waals surface area contributed by atoms with Crippen molar-refractivity contribution in [3.05, 3.63) is 150 Å². The predicted octanol–water partition coefficient (Wildman–Crippen LogP) is 4.00. The van der Waals surface area contributed by atoms with Gasteiger partial charge in [0.15, 0.2) is 5.43 Å². The first-order valence-corrected chi connectivity index (χ1v) is 11.9. The minimum absolute atomic E-state index is 0.200. The number of benzene rings is 4. The van der Waals surface area contributed by atoms with Gasteiger partial charge in [-0.2, -0.15) is 0 Å².